The number of hydrogen-bond donors (Lipinski definition) is 3. The predicted molar refractivity (Wildman–Crippen MR) is 148 cm³/mol. The molecule has 0 saturated heterocycles. The largest absolute Gasteiger partial charge is 0.462 e. The van der Waals surface area contributed by atoms with Gasteiger partial charge in [0, 0.05) is 46.7 Å². The molecule has 0 bridgehead atoms. The fraction of sp³-hybridized carbons (Fsp3) is 0.688. The standard InChI is InChI=1S/C32H42O10/c1-15(33)40-21-14-19-28(2,3)20(34)11-12-30(19,6)24-23(42-27(38)29(4,5)39)25(36)31(7)17(9-10-18(31)32(21,24)8)16-13-22(35)41-26(16)37/h10-13,17,19,21,23-26,36-37,39H,9,14H2,1-8H3/t17-,19-,21+,23-,24+,25-,26?,30-,31+,32+/m0/s1. The first kappa shape index (κ1) is 30.6. The first-order valence-electron chi connectivity index (χ1n) is 14.6. The van der Waals surface area contributed by atoms with Gasteiger partial charge in [0.2, 0.25) is 6.29 Å². The van der Waals surface area contributed by atoms with Gasteiger partial charge in [0.1, 0.15) is 18.3 Å². The lowest BCUT2D eigenvalue weighted by molar-refractivity contribution is -0.247. The van der Waals surface area contributed by atoms with Crippen LogP contribution in [0.4, 0.5) is 0 Å². The van der Waals surface area contributed by atoms with Crippen molar-refractivity contribution in [1.29, 1.82) is 0 Å². The SMILES string of the molecule is CC(=O)O[C@@H]1C[C@H]2C(C)(C)C(=O)C=C[C@]2(C)[C@H]2[C@H](OC(=O)C(C)(C)O)[C@H](O)[C@@]3(C)C(=CC[C@H]3C3=CC(=O)OC3O)[C@@]21C. The second-order valence-electron chi connectivity index (χ2n) is 14.4. The highest BCUT2D eigenvalue weighted by Crippen LogP contribution is 2.73. The number of carbonyl (C=O) groups is 4. The number of allylic oxidation sites excluding steroid dienone is 3. The molecule has 10 nitrogen and oxygen atoms in total. The van der Waals surface area contributed by atoms with Crippen LogP contribution in [0.15, 0.2) is 35.5 Å². The van der Waals surface area contributed by atoms with E-state index in [2.05, 4.69) is 0 Å². The summed E-state index contributed by atoms with van der Waals surface area (Å²) in [6, 6.07) is 0. The molecule has 5 aliphatic rings. The zero-order chi connectivity index (χ0) is 31.4. The van der Waals surface area contributed by atoms with Crippen LogP contribution < -0.4 is 0 Å². The molecule has 0 spiro atoms. The summed E-state index contributed by atoms with van der Waals surface area (Å²) >= 11 is 0. The van der Waals surface area contributed by atoms with Gasteiger partial charge in [-0.2, -0.15) is 0 Å². The summed E-state index contributed by atoms with van der Waals surface area (Å²) in [5.74, 6) is -3.88. The molecule has 2 saturated carbocycles. The Morgan fingerprint density at radius 1 is 1.05 bits per heavy atom. The lowest BCUT2D eigenvalue weighted by atomic mass is 9.37. The van der Waals surface area contributed by atoms with Gasteiger partial charge in [-0.1, -0.05) is 52.3 Å². The molecule has 1 heterocycles. The smallest absolute Gasteiger partial charge is 0.337 e. The molecule has 1 aliphatic heterocycles. The predicted octanol–water partition coefficient (Wildman–Crippen LogP) is 2.54. The van der Waals surface area contributed by atoms with Crippen LogP contribution in [0.25, 0.3) is 0 Å². The van der Waals surface area contributed by atoms with Crippen molar-refractivity contribution in [2.24, 2.45) is 39.4 Å². The molecule has 10 atom stereocenters. The Labute approximate surface area is 245 Å². The second kappa shape index (κ2) is 9.34. The van der Waals surface area contributed by atoms with Crippen LogP contribution in [0.5, 0.6) is 0 Å². The normalized spacial score (nSPS) is 43.8. The summed E-state index contributed by atoms with van der Waals surface area (Å²) in [4.78, 5) is 51.2. The third kappa shape index (κ3) is 4.01. The van der Waals surface area contributed by atoms with E-state index in [1.165, 1.54) is 26.8 Å². The monoisotopic (exact) mass is 586 g/mol. The summed E-state index contributed by atoms with van der Waals surface area (Å²) in [6.45, 7) is 13.3. The van der Waals surface area contributed by atoms with Crippen molar-refractivity contribution in [2.45, 2.75) is 98.4 Å². The van der Waals surface area contributed by atoms with E-state index in [1.807, 2.05) is 39.8 Å². The molecule has 3 N–H and O–H groups in total. The number of carbonyl (C=O) groups excluding carboxylic acids is 4. The highest BCUT2D eigenvalue weighted by Gasteiger charge is 2.74. The van der Waals surface area contributed by atoms with E-state index in [0.29, 0.717) is 18.4 Å². The maximum Gasteiger partial charge on any atom is 0.337 e. The molecule has 0 aromatic rings. The van der Waals surface area contributed by atoms with Crippen LogP contribution >= 0.6 is 0 Å². The van der Waals surface area contributed by atoms with Crippen molar-refractivity contribution in [3.63, 3.8) is 0 Å². The fourth-order valence-corrected chi connectivity index (χ4v) is 9.27. The molecular weight excluding hydrogens is 544 g/mol. The van der Waals surface area contributed by atoms with Gasteiger partial charge in [-0.25, -0.2) is 9.59 Å². The summed E-state index contributed by atoms with van der Waals surface area (Å²) in [5, 5.41) is 33.6. The lowest BCUT2D eigenvalue weighted by Gasteiger charge is -2.68. The third-order valence-corrected chi connectivity index (χ3v) is 11.2. The van der Waals surface area contributed by atoms with Crippen molar-refractivity contribution in [3.8, 4) is 0 Å². The Kier molecular flexibility index (Phi) is 6.81. The number of aliphatic hydroxyl groups excluding tert-OH is 2. The first-order valence-corrected chi connectivity index (χ1v) is 14.6. The summed E-state index contributed by atoms with van der Waals surface area (Å²) < 4.78 is 17.2. The molecule has 0 aromatic carbocycles. The minimum atomic E-state index is -1.88. The van der Waals surface area contributed by atoms with Gasteiger partial charge >= 0.3 is 17.9 Å². The average Bonchev–Trinajstić information content (AvgIpc) is 3.39. The van der Waals surface area contributed by atoms with Crippen LogP contribution in [0.2, 0.25) is 0 Å². The van der Waals surface area contributed by atoms with E-state index in [9.17, 15) is 34.5 Å². The maximum atomic E-state index is 13.3. The topological polar surface area (TPSA) is 157 Å². The molecule has 5 rings (SSSR count). The zero-order valence-electron chi connectivity index (χ0n) is 25.5. The van der Waals surface area contributed by atoms with E-state index in [0.717, 1.165) is 5.57 Å². The van der Waals surface area contributed by atoms with Gasteiger partial charge in [0.05, 0.1) is 0 Å². The summed E-state index contributed by atoms with van der Waals surface area (Å²) in [6.07, 6.45) is 2.39. The molecule has 10 heteroatoms. The molecule has 1 unspecified atom stereocenters. The molecule has 0 amide bonds. The van der Waals surface area contributed by atoms with Crippen molar-refractivity contribution in [3.05, 3.63) is 35.5 Å². The zero-order valence-corrected chi connectivity index (χ0v) is 25.5. The fourth-order valence-electron chi connectivity index (χ4n) is 9.27. The van der Waals surface area contributed by atoms with Crippen LogP contribution in [0.1, 0.15) is 68.2 Å². The van der Waals surface area contributed by atoms with Gasteiger partial charge in [-0.3, -0.25) is 9.59 Å². The maximum absolute atomic E-state index is 13.3. The van der Waals surface area contributed by atoms with Crippen LogP contribution in [0, 0.1) is 39.4 Å². The number of ether oxygens (including phenoxy) is 3. The van der Waals surface area contributed by atoms with Crippen molar-refractivity contribution >= 4 is 23.7 Å². The van der Waals surface area contributed by atoms with Gasteiger partial charge in [0.15, 0.2) is 11.4 Å². The van der Waals surface area contributed by atoms with E-state index < -0.39 is 81.6 Å². The Balaban J connectivity index is 1.77. The highest BCUT2D eigenvalue weighted by molar-refractivity contribution is 5.96. The molecule has 42 heavy (non-hydrogen) atoms. The number of rotatable bonds is 4. The van der Waals surface area contributed by atoms with Crippen LogP contribution in [-0.4, -0.2) is 69.2 Å². The van der Waals surface area contributed by atoms with E-state index in [1.54, 1.807) is 13.0 Å². The van der Waals surface area contributed by atoms with Crippen molar-refractivity contribution < 1.29 is 48.7 Å². The average molecular weight is 587 g/mol. The molecule has 0 radical (unpaired) electrons. The number of fused-ring (bicyclic) bond motifs is 5. The van der Waals surface area contributed by atoms with Gasteiger partial charge in [0.25, 0.3) is 0 Å². The molecule has 2 fully saturated rings. The number of aliphatic hydroxyl groups is 3. The number of esters is 3. The summed E-state index contributed by atoms with van der Waals surface area (Å²) in [5.41, 5.74) is -4.72. The quantitative estimate of drug-likeness (QED) is 0.254. The minimum Gasteiger partial charge on any atom is -0.462 e. The summed E-state index contributed by atoms with van der Waals surface area (Å²) in [7, 11) is 0. The number of hydrogen-bond acceptors (Lipinski definition) is 10. The van der Waals surface area contributed by atoms with E-state index in [-0.39, 0.29) is 11.7 Å². The highest BCUT2D eigenvalue weighted by atomic mass is 16.6. The number of ketones is 1. The third-order valence-electron chi connectivity index (χ3n) is 11.2. The Morgan fingerprint density at radius 3 is 2.24 bits per heavy atom. The number of cyclic esters (lactones) is 1. The van der Waals surface area contributed by atoms with Crippen LogP contribution in [-0.2, 0) is 33.4 Å². The Bertz CT molecular complexity index is 1330. The molecular formula is C32H42O10. The molecule has 0 aromatic heterocycles. The second-order valence-corrected chi connectivity index (χ2v) is 14.4. The van der Waals surface area contributed by atoms with Gasteiger partial charge in [-0.05, 0) is 44.1 Å². The van der Waals surface area contributed by atoms with E-state index >= 15 is 0 Å². The minimum absolute atomic E-state index is 0.0756. The van der Waals surface area contributed by atoms with Crippen molar-refractivity contribution in [2.75, 3.05) is 0 Å². The van der Waals surface area contributed by atoms with Gasteiger partial charge < -0.3 is 29.5 Å². The van der Waals surface area contributed by atoms with Crippen molar-refractivity contribution in [1.82, 2.24) is 0 Å². The Morgan fingerprint density at radius 2 is 1.69 bits per heavy atom. The Hall–Kier alpha value is -2.82. The first-order chi connectivity index (χ1) is 19.2. The molecule has 4 aliphatic carbocycles. The van der Waals surface area contributed by atoms with Crippen LogP contribution in [0.3, 0.4) is 0 Å². The molecule has 230 valence electrons. The van der Waals surface area contributed by atoms with E-state index in [4.69, 9.17) is 14.2 Å². The van der Waals surface area contributed by atoms with Gasteiger partial charge in [-0.15, -0.1) is 0 Å². The lowest BCUT2D eigenvalue weighted by Crippen LogP contribution is -2.72.